The van der Waals surface area contributed by atoms with Crippen molar-refractivity contribution in [2.45, 2.75) is 0 Å². The fourth-order valence-corrected chi connectivity index (χ4v) is 2.17. The van der Waals surface area contributed by atoms with Crippen molar-refractivity contribution in [2.75, 3.05) is 12.8 Å². The maximum Gasteiger partial charge on any atom is 0.230 e. The van der Waals surface area contributed by atoms with E-state index in [0.29, 0.717) is 22.6 Å². The number of ether oxygens (including phenoxy) is 1. The minimum Gasteiger partial charge on any atom is -0.496 e. The molecule has 0 amide bonds. The molecule has 0 saturated heterocycles. The van der Waals surface area contributed by atoms with Crippen LogP contribution in [0.15, 0.2) is 47.2 Å². The van der Waals surface area contributed by atoms with E-state index in [0.717, 1.165) is 6.20 Å². The van der Waals surface area contributed by atoms with Crippen LogP contribution in [0.25, 0.3) is 22.4 Å². The number of nitrogen functional groups attached to an aromatic ring is 1. The highest BCUT2D eigenvalue weighted by molar-refractivity contribution is 5.89. The van der Waals surface area contributed by atoms with Crippen molar-refractivity contribution < 1.29 is 13.7 Å². The lowest BCUT2D eigenvalue weighted by molar-refractivity contribution is 0.416. The fraction of sp³-hybridized carbons (Fsp3) is 0.0667. The van der Waals surface area contributed by atoms with Crippen LogP contribution in [0.4, 0.5) is 10.3 Å². The molecule has 106 valence electrons. The van der Waals surface area contributed by atoms with Crippen LogP contribution in [0.5, 0.6) is 5.75 Å². The first-order valence-corrected chi connectivity index (χ1v) is 6.20. The summed E-state index contributed by atoms with van der Waals surface area (Å²) in [6.45, 7) is 0. The lowest BCUT2D eigenvalue weighted by Gasteiger charge is -2.08. The van der Waals surface area contributed by atoms with Crippen molar-refractivity contribution in [1.29, 1.82) is 0 Å². The van der Waals surface area contributed by atoms with Gasteiger partial charge in [-0.05, 0) is 12.1 Å². The highest BCUT2D eigenvalue weighted by Gasteiger charge is 2.22. The van der Waals surface area contributed by atoms with Crippen molar-refractivity contribution in [3.63, 3.8) is 0 Å². The quantitative estimate of drug-likeness (QED) is 0.800. The van der Waals surface area contributed by atoms with Crippen LogP contribution in [0, 0.1) is 5.82 Å². The van der Waals surface area contributed by atoms with Crippen molar-refractivity contribution in [1.82, 2.24) is 10.1 Å². The van der Waals surface area contributed by atoms with E-state index in [-0.39, 0.29) is 11.4 Å². The molecule has 0 fully saturated rings. The maximum atomic E-state index is 13.9. The number of hydrogen-bond acceptors (Lipinski definition) is 5. The summed E-state index contributed by atoms with van der Waals surface area (Å²) >= 11 is 0. The number of nitrogens with two attached hydrogens (primary N) is 1. The molecule has 3 rings (SSSR count). The van der Waals surface area contributed by atoms with Crippen molar-refractivity contribution in [2.24, 2.45) is 0 Å². The summed E-state index contributed by atoms with van der Waals surface area (Å²) in [5, 5.41) is 3.88. The van der Waals surface area contributed by atoms with E-state index in [1.165, 1.54) is 12.3 Å². The van der Waals surface area contributed by atoms with E-state index >= 15 is 0 Å². The third-order valence-electron chi connectivity index (χ3n) is 3.12. The lowest BCUT2D eigenvalue weighted by atomic mass is 10.0. The molecule has 0 saturated carbocycles. The summed E-state index contributed by atoms with van der Waals surface area (Å²) in [6, 6.07) is 8.78. The highest BCUT2D eigenvalue weighted by Crippen LogP contribution is 2.40. The molecule has 5 nitrogen and oxygen atoms in total. The second-order valence-electron chi connectivity index (χ2n) is 4.33. The van der Waals surface area contributed by atoms with Gasteiger partial charge in [-0.1, -0.05) is 23.4 Å². The first kappa shape index (κ1) is 13.1. The summed E-state index contributed by atoms with van der Waals surface area (Å²) in [7, 11) is 1.55. The smallest absolute Gasteiger partial charge is 0.230 e. The Balaban J connectivity index is 2.25. The summed E-state index contributed by atoms with van der Waals surface area (Å²) in [5.41, 5.74) is 7.63. The number of benzene rings is 1. The second kappa shape index (κ2) is 5.24. The zero-order chi connectivity index (χ0) is 14.8. The molecule has 1 aromatic carbocycles. The Morgan fingerprint density at radius 1 is 1.19 bits per heavy atom. The normalized spacial score (nSPS) is 10.6. The summed E-state index contributed by atoms with van der Waals surface area (Å²) < 4.78 is 24.3. The van der Waals surface area contributed by atoms with Gasteiger partial charge in [-0.3, -0.25) is 4.98 Å². The molecule has 21 heavy (non-hydrogen) atoms. The Kier molecular flexibility index (Phi) is 3.27. The Labute approximate surface area is 120 Å². The van der Waals surface area contributed by atoms with Crippen LogP contribution >= 0.6 is 0 Å². The highest BCUT2D eigenvalue weighted by atomic mass is 19.1. The number of para-hydroxylation sites is 1. The van der Waals surface area contributed by atoms with Crippen LogP contribution in [0.2, 0.25) is 0 Å². The van der Waals surface area contributed by atoms with Crippen LogP contribution in [0.3, 0.4) is 0 Å². The Morgan fingerprint density at radius 3 is 2.76 bits per heavy atom. The Bertz CT molecular complexity index is 786. The van der Waals surface area contributed by atoms with Gasteiger partial charge >= 0.3 is 0 Å². The van der Waals surface area contributed by atoms with Crippen LogP contribution in [0.1, 0.15) is 0 Å². The minimum atomic E-state index is -0.498. The van der Waals surface area contributed by atoms with Gasteiger partial charge in [-0.2, -0.15) is 0 Å². The molecule has 3 aromatic rings. The zero-order valence-corrected chi connectivity index (χ0v) is 11.2. The van der Waals surface area contributed by atoms with Gasteiger partial charge in [0.2, 0.25) is 5.88 Å². The van der Waals surface area contributed by atoms with Crippen LogP contribution in [-0.4, -0.2) is 17.3 Å². The van der Waals surface area contributed by atoms with Gasteiger partial charge in [0, 0.05) is 17.3 Å². The summed E-state index contributed by atoms with van der Waals surface area (Å²) in [6.07, 6.45) is 2.60. The Hall–Kier alpha value is -2.89. The fourth-order valence-electron chi connectivity index (χ4n) is 2.17. The molecule has 0 bridgehead atoms. The SMILES string of the molecule is COc1ccccc1-c1c(-c2ccncc2F)noc1N. The van der Waals surface area contributed by atoms with Crippen molar-refractivity contribution in [3.8, 4) is 28.1 Å². The minimum absolute atomic E-state index is 0.103. The molecule has 0 aliphatic heterocycles. The average Bonchev–Trinajstić information content (AvgIpc) is 2.89. The molecule has 2 N–H and O–H groups in total. The van der Waals surface area contributed by atoms with Crippen LogP contribution in [-0.2, 0) is 0 Å². The molecule has 0 spiro atoms. The van der Waals surface area contributed by atoms with E-state index in [1.54, 1.807) is 13.2 Å². The molecule has 0 aliphatic rings. The number of anilines is 1. The van der Waals surface area contributed by atoms with Crippen molar-refractivity contribution in [3.05, 3.63) is 48.5 Å². The van der Waals surface area contributed by atoms with E-state index in [1.807, 2.05) is 18.2 Å². The average molecular weight is 285 g/mol. The first-order chi connectivity index (χ1) is 10.2. The largest absolute Gasteiger partial charge is 0.496 e. The monoisotopic (exact) mass is 285 g/mol. The number of hydrogen-bond donors (Lipinski definition) is 1. The lowest BCUT2D eigenvalue weighted by Crippen LogP contribution is -1.93. The maximum absolute atomic E-state index is 13.9. The second-order valence-corrected chi connectivity index (χ2v) is 4.33. The van der Waals surface area contributed by atoms with Gasteiger partial charge in [-0.25, -0.2) is 4.39 Å². The number of nitrogens with zero attached hydrogens (tertiary/aromatic N) is 2. The topological polar surface area (TPSA) is 74.2 Å². The molecule has 0 unspecified atom stereocenters. The summed E-state index contributed by atoms with van der Waals surface area (Å²) in [4.78, 5) is 3.72. The summed E-state index contributed by atoms with van der Waals surface area (Å²) in [5.74, 6) is 0.204. The van der Waals surface area contributed by atoms with E-state index in [4.69, 9.17) is 15.0 Å². The molecule has 0 radical (unpaired) electrons. The predicted octanol–water partition coefficient (Wildman–Crippen LogP) is 3.13. The Morgan fingerprint density at radius 2 is 2.00 bits per heavy atom. The van der Waals surface area contributed by atoms with E-state index < -0.39 is 5.82 Å². The molecular formula is C15H12FN3O2. The number of aromatic nitrogens is 2. The van der Waals surface area contributed by atoms with E-state index in [9.17, 15) is 4.39 Å². The van der Waals surface area contributed by atoms with Crippen molar-refractivity contribution >= 4 is 5.88 Å². The molecular weight excluding hydrogens is 273 g/mol. The third kappa shape index (κ3) is 2.20. The van der Waals surface area contributed by atoms with Gasteiger partial charge < -0.3 is 15.0 Å². The van der Waals surface area contributed by atoms with Crippen LogP contribution < -0.4 is 10.5 Å². The van der Waals surface area contributed by atoms with Gasteiger partial charge in [0.1, 0.15) is 11.4 Å². The van der Waals surface area contributed by atoms with Gasteiger partial charge in [0.25, 0.3) is 0 Å². The number of methoxy groups -OCH3 is 1. The predicted molar refractivity (Wildman–Crippen MR) is 76.1 cm³/mol. The number of pyridine rings is 1. The molecule has 0 atom stereocenters. The standard InChI is InChI=1S/C15H12FN3O2/c1-20-12-5-3-2-4-10(12)13-14(19-21-15(13)17)9-6-7-18-8-11(9)16/h2-8H,17H2,1H3. The zero-order valence-electron chi connectivity index (χ0n) is 11.2. The van der Waals surface area contributed by atoms with Gasteiger partial charge in [0.05, 0.1) is 18.9 Å². The number of halogens is 1. The van der Waals surface area contributed by atoms with Gasteiger partial charge in [0.15, 0.2) is 5.82 Å². The number of rotatable bonds is 3. The molecule has 6 heteroatoms. The third-order valence-corrected chi connectivity index (χ3v) is 3.12. The molecule has 2 heterocycles. The molecule has 2 aromatic heterocycles. The van der Waals surface area contributed by atoms with E-state index in [2.05, 4.69) is 10.1 Å². The van der Waals surface area contributed by atoms with Gasteiger partial charge in [-0.15, -0.1) is 0 Å². The molecule has 0 aliphatic carbocycles. The first-order valence-electron chi connectivity index (χ1n) is 6.20.